The summed E-state index contributed by atoms with van der Waals surface area (Å²) in [4.78, 5) is 35.2. The summed E-state index contributed by atoms with van der Waals surface area (Å²) in [7, 11) is -6.26. The molecule has 0 aromatic rings. The van der Waals surface area contributed by atoms with Gasteiger partial charge in [-0.3, -0.25) is 4.55 Å². The molecular weight excluding hydrogens is 712 g/mol. The van der Waals surface area contributed by atoms with Crippen LogP contribution in [0.3, 0.4) is 0 Å². The van der Waals surface area contributed by atoms with Crippen molar-refractivity contribution in [1.29, 1.82) is 0 Å². The van der Waals surface area contributed by atoms with Crippen molar-refractivity contribution in [3.8, 4) is 0 Å². The summed E-state index contributed by atoms with van der Waals surface area (Å²) in [5, 5.41) is -5.37. The molecule has 1 aliphatic heterocycles. The molecule has 11 nitrogen and oxygen atoms in total. The van der Waals surface area contributed by atoms with E-state index in [1.165, 1.54) is 0 Å². The van der Waals surface area contributed by atoms with E-state index in [4.69, 9.17) is 18.8 Å². The van der Waals surface area contributed by atoms with E-state index < -0.39 is 131 Å². The van der Waals surface area contributed by atoms with E-state index in [-0.39, 0.29) is 19.3 Å². The average Bonchev–Trinajstić information content (AvgIpc) is 2.91. The molecule has 4 bridgehead atoms. The molecule has 1 saturated heterocycles. The minimum absolute atomic E-state index is 0.0804. The van der Waals surface area contributed by atoms with Crippen molar-refractivity contribution in [2.24, 2.45) is 23.7 Å². The Labute approximate surface area is 254 Å². The van der Waals surface area contributed by atoms with Gasteiger partial charge < -0.3 is 23.7 Å². The maximum absolute atomic E-state index is 14.0. The molecule has 1 spiro atoms. The van der Waals surface area contributed by atoms with Gasteiger partial charge in [-0.25, -0.2) is 14.4 Å². The lowest BCUT2D eigenvalue weighted by atomic mass is 9.51. The van der Waals surface area contributed by atoms with Crippen LogP contribution in [0.1, 0.15) is 32.1 Å². The zero-order chi connectivity index (χ0) is 35.8. The van der Waals surface area contributed by atoms with Crippen molar-refractivity contribution < 1.29 is 104 Å². The fourth-order valence-electron chi connectivity index (χ4n) is 6.56. The summed E-state index contributed by atoms with van der Waals surface area (Å²) in [6, 6.07) is 0. The van der Waals surface area contributed by atoms with E-state index in [1.807, 2.05) is 0 Å². The molecule has 5 aliphatic rings. The van der Waals surface area contributed by atoms with Crippen LogP contribution in [-0.2, 0) is 48.2 Å². The molecule has 1 heterocycles. The summed E-state index contributed by atoms with van der Waals surface area (Å²) in [6.45, 7) is -3.81. The Bertz CT molecular complexity index is 1360. The third-order valence-electron chi connectivity index (χ3n) is 8.56. The Hall–Kier alpha value is -2.60. The first kappa shape index (κ1) is 37.2. The molecule has 5 fully saturated rings. The minimum Gasteiger partial charge on any atom is -0.460 e. The summed E-state index contributed by atoms with van der Waals surface area (Å²) in [6.07, 6.45) is -15.5. The number of rotatable bonds is 9. The Kier molecular flexibility index (Phi) is 9.10. The van der Waals surface area contributed by atoms with Crippen LogP contribution in [0.2, 0.25) is 0 Å². The second-order valence-electron chi connectivity index (χ2n) is 11.7. The maximum Gasteiger partial charge on any atom is 0.465 e. The molecule has 4 aliphatic carbocycles. The lowest BCUT2D eigenvalue weighted by Crippen LogP contribution is -2.70. The van der Waals surface area contributed by atoms with Crippen LogP contribution in [0, 0.1) is 23.7 Å². The molecule has 270 valence electrons. The van der Waals surface area contributed by atoms with Gasteiger partial charge in [0, 0.05) is 17.8 Å². The first-order valence-electron chi connectivity index (χ1n) is 13.2. The van der Waals surface area contributed by atoms with Crippen molar-refractivity contribution in [3.05, 3.63) is 0 Å². The van der Waals surface area contributed by atoms with E-state index in [0.717, 1.165) is 0 Å². The quantitative estimate of drug-likeness (QED) is 0.160. The predicted octanol–water partition coefficient (Wildman–Crippen LogP) is 3.80. The molecular formula is C23H22F12O11S. The van der Waals surface area contributed by atoms with Gasteiger partial charge in [0.2, 0.25) is 0 Å². The fraction of sp³-hybridized carbons (Fsp3) is 0.870. The highest BCUT2D eigenvalue weighted by molar-refractivity contribution is 7.87. The number of hydrogen-bond acceptors (Lipinski definition) is 10. The number of carbonyl (C=O) groups excluding carboxylic acids is 3. The van der Waals surface area contributed by atoms with E-state index in [1.54, 1.807) is 0 Å². The van der Waals surface area contributed by atoms with E-state index in [2.05, 4.69) is 9.47 Å². The normalized spacial score (nSPS) is 33.1. The number of carbonyl (C=O) groups is 3. The van der Waals surface area contributed by atoms with Gasteiger partial charge in [0.15, 0.2) is 5.79 Å². The highest BCUT2D eigenvalue weighted by Gasteiger charge is 2.70. The Morgan fingerprint density at radius 2 is 1.21 bits per heavy atom. The second kappa shape index (κ2) is 11.5. The largest absolute Gasteiger partial charge is 0.465 e. The molecule has 0 aromatic carbocycles. The third kappa shape index (κ3) is 6.45. The number of halogens is 12. The van der Waals surface area contributed by atoms with Crippen LogP contribution in [-0.4, -0.2) is 97.6 Å². The molecule has 4 atom stereocenters. The van der Waals surface area contributed by atoms with Crippen LogP contribution < -0.4 is 0 Å². The topological polar surface area (TPSA) is 152 Å². The van der Waals surface area contributed by atoms with E-state index in [9.17, 15) is 75.5 Å². The van der Waals surface area contributed by atoms with Gasteiger partial charge in [0.1, 0.15) is 18.3 Å². The molecule has 4 unspecified atom stereocenters. The predicted molar refractivity (Wildman–Crippen MR) is 120 cm³/mol. The van der Waals surface area contributed by atoms with Crippen molar-refractivity contribution in [2.45, 2.75) is 79.0 Å². The lowest BCUT2D eigenvalue weighted by Gasteiger charge is -2.65. The zero-order valence-corrected chi connectivity index (χ0v) is 23.8. The SMILES string of the molecule is O=C(OCC1COC2(OC1COC(=O)C(F)(F)C(F)(F)F)C1CC3CC2CC(OC(=O)C(F)(F)S(=O)(=O)O)(C3)C1)C(F)(F)C(F)(F)F. The van der Waals surface area contributed by atoms with Gasteiger partial charge in [-0.2, -0.15) is 61.1 Å². The number of alkyl halides is 12. The Balaban J connectivity index is 1.57. The molecule has 0 aromatic heterocycles. The van der Waals surface area contributed by atoms with Gasteiger partial charge >= 0.3 is 57.5 Å². The molecule has 47 heavy (non-hydrogen) atoms. The highest BCUT2D eigenvalue weighted by Crippen LogP contribution is 2.64. The number of hydrogen-bond donors (Lipinski definition) is 1. The molecule has 4 saturated carbocycles. The van der Waals surface area contributed by atoms with Gasteiger partial charge in [-0.15, -0.1) is 0 Å². The number of ether oxygens (including phenoxy) is 5. The number of esters is 3. The highest BCUT2D eigenvalue weighted by atomic mass is 32.2. The summed E-state index contributed by atoms with van der Waals surface area (Å²) in [5.41, 5.74) is -1.79. The Morgan fingerprint density at radius 1 is 0.745 bits per heavy atom. The lowest BCUT2D eigenvalue weighted by molar-refractivity contribution is -0.403. The molecule has 0 amide bonds. The zero-order valence-electron chi connectivity index (χ0n) is 23.0. The second-order valence-corrected chi connectivity index (χ2v) is 13.2. The van der Waals surface area contributed by atoms with Crippen LogP contribution >= 0.6 is 0 Å². The molecule has 24 heteroatoms. The summed E-state index contributed by atoms with van der Waals surface area (Å²) in [5.74, 6) is -27.1. The van der Waals surface area contributed by atoms with Crippen molar-refractivity contribution >= 4 is 28.0 Å². The molecule has 0 radical (unpaired) electrons. The fourth-order valence-corrected chi connectivity index (χ4v) is 6.81. The average molecular weight is 734 g/mol. The summed E-state index contributed by atoms with van der Waals surface area (Å²) < 4.78 is 212. The standard InChI is InChI=1S/C23H22F12O11S/c24-19(25,22(30,31)32)14(36)42-6-10-7-44-18(45-13(10)8-43-15(37)20(26,27)23(33,34)35)11-1-9-2-12(18)5-17(3-9,4-11)46-16(38)21(28,29)47(39,40)41/h9-13H,1-8H2,(H,39,40,41). The van der Waals surface area contributed by atoms with Gasteiger partial charge in [0.25, 0.3) is 0 Å². The van der Waals surface area contributed by atoms with Crippen LogP contribution in [0.15, 0.2) is 0 Å². The molecule has 1 N–H and O–H groups in total. The van der Waals surface area contributed by atoms with Crippen molar-refractivity contribution in [2.75, 3.05) is 19.8 Å². The van der Waals surface area contributed by atoms with E-state index >= 15 is 0 Å². The van der Waals surface area contributed by atoms with Crippen molar-refractivity contribution in [1.82, 2.24) is 0 Å². The van der Waals surface area contributed by atoms with E-state index in [0.29, 0.717) is 0 Å². The van der Waals surface area contributed by atoms with Crippen molar-refractivity contribution in [3.63, 3.8) is 0 Å². The first-order chi connectivity index (χ1) is 21.1. The van der Waals surface area contributed by atoms with Gasteiger partial charge in [0.05, 0.1) is 13.2 Å². The van der Waals surface area contributed by atoms with Gasteiger partial charge in [-0.1, -0.05) is 0 Å². The molecule has 5 rings (SSSR count). The maximum atomic E-state index is 14.0. The van der Waals surface area contributed by atoms with Crippen LogP contribution in [0.4, 0.5) is 52.7 Å². The monoisotopic (exact) mass is 734 g/mol. The van der Waals surface area contributed by atoms with Crippen LogP contribution in [0.25, 0.3) is 0 Å². The smallest absolute Gasteiger partial charge is 0.460 e. The Morgan fingerprint density at radius 3 is 1.66 bits per heavy atom. The minimum atomic E-state index is -6.43. The van der Waals surface area contributed by atoms with Crippen LogP contribution in [0.5, 0.6) is 0 Å². The third-order valence-corrected chi connectivity index (χ3v) is 9.37. The first-order valence-corrected chi connectivity index (χ1v) is 14.7. The van der Waals surface area contributed by atoms with Gasteiger partial charge in [-0.05, 0) is 38.0 Å². The summed E-state index contributed by atoms with van der Waals surface area (Å²) >= 11 is 0.